The average molecular weight is 337 g/mol. The summed E-state index contributed by atoms with van der Waals surface area (Å²) in [7, 11) is 3.96. The molecular weight excluding hydrogens is 304 g/mol. The van der Waals surface area contributed by atoms with Gasteiger partial charge in [-0.2, -0.15) is 11.3 Å². The van der Waals surface area contributed by atoms with Crippen LogP contribution in [0, 0.1) is 0 Å². The minimum absolute atomic E-state index is 0.915. The summed E-state index contributed by atoms with van der Waals surface area (Å²) < 4.78 is 0. The molecule has 130 valence electrons. The fourth-order valence-corrected chi connectivity index (χ4v) is 3.80. The largest absolute Gasteiger partial charge is 0.356 e. The Balaban J connectivity index is 1.54. The molecule has 0 spiro atoms. The third kappa shape index (κ3) is 6.92. The Morgan fingerprint density at radius 3 is 2.78 bits per heavy atom. The summed E-state index contributed by atoms with van der Waals surface area (Å²) >= 11 is 1.75. The van der Waals surface area contributed by atoms with Crippen LogP contribution in [0.1, 0.15) is 44.1 Å². The molecule has 4 nitrogen and oxygen atoms in total. The van der Waals surface area contributed by atoms with Gasteiger partial charge in [0.1, 0.15) is 0 Å². The summed E-state index contributed by atoms with van der Waals surface area (Å²) in [5, 5.41) is 7.81. The Kier molecular flexibility index (Phi) is 8.47. The van der Waals surface area contributed by atoms with E-state index in [-0.39, 0.29) is 0 Å². The van der Waals surface area contributed by atoms with Gasteiger partial charge in [0.05, 0.1) is 0 Å². The van der Waals surface area contributed by atoms with Gasteiger partial charge in [-0.3, -0.25) is 4.99 Å². The maximum absolute atomic E-state index is 4.39. The van der Waals surface area contributed by atoms with Gasteiger partial charge in [-0.15, -0.1) is 0 Å². The van der Waals surface area contributed by atoms with Gasteiger partial charge < -0.3 is 15.1 Å². The van der Waals surface area contributed by atoms with Crippen molar-refractivity contribution in [3.05, 3.63) is 22.4 Å². The highest BCUT2D eigenvalue weighted by molar-refractivity contribution is 7.07. The minimum atomic E-state index is 0.915. The molecule has 0 bridgehead atoms. The number of hydrogen-bond donors (Lipinski definition) is 1. The molecule has 1 aromatic rings. The first-order valence-electron chi connectivity index (χ1n) is 8.95. The molecule has 0 aromatic carbocycles. The molecule has 1 aliphatic heterocycles. The van der Waals surface area contributed by atoms with E-state index in [1.165, 1.54) is 63.7 Å². The minimum Gasteiger partial charge on any atom is -0.356 e. The van der Waals surface area contributed by atoms with E-state index in [1.807, 2.05) is 7.05 Å². The van der Waals surface area contributed by atoms with Gasteiger partial charge in [0, 0.05) is 27.2 Å². The van der Waals surface area contributed by atoms with Gasteiger partial charge in [0.25, 0.3) is 0 Å². The SMILES string of the molecule is CN=C(NCCCCCN1CCCCC1)N(C)Cc1ccsc1. The number of aliphatic imine (C=N–C) groups is 1. The summed E-state index contributed by atoms with van der Waals surface area (Å²) in [6.07, 6.45) is 8.07. The second-order valence-corrected chi connectivity index (χ2v) is 7.20. The Hall–Kier alpha value is -1.07. The molecular formula is C18H32N4S. The number of guanidine groups is 1. The van der Waals surface area contributed by atoms with Crippen molar-refractivity contribution in [3.63, 3.8) is 0 Å². The summed E-state index contributed by atoms with van der Waals surface area (Å²) in [5.74, 6) is 0.993. The first-order valence-corrected chi connectivity index (χ1v) is 9.89. The Morgan fingerprint density at radius 2 is 2.09 bits per heavy atom. The van der Waals surface area contributed by atoms with Gasteiger partial charge in [-0.05, 0) is 67.7 Å². The van der Waals surface area contributed by atoms with Crippen LogP contribution in [-0.2, 0) is 6.54 Å². The molecule has 0 radical (unpaired) electrons. The van der Waals surface area contributed by atoms with E-state index in [0.717, 1.165) is 19.0 Å². The zero-order valence-electron chi connectivity index (χ0n) is 14.8. The predicted molar refractivity (Wildman–Crippen MR) is 101 cm³/mol. The third-order valence-corrected chi connectivity index (χ3v) is 5.19. The molecule has 2 rings (SSSR count). The molecule has 5 heteroatoms. The smallest absolute Gasteiger partial charge is 0.193 e. The van der Waals surface area contributed by atoms with Crippen molar-refractivity contribution in [2.45, 2.75) is 45.1 Å². The van der Waals surface area contributed by atoms with E-state index in [1.54, 1.807) is 11.3 Å². The summed E-state index contributed by atoms with van der Waals surface area (Å²) in [6.45, 7) is 5.85. The quantitative estimate of drug-likeness (QED) is 0.448. The number of likely N-dealkylation sites (tertiary alicyclic amines) is 1. The van der Waals surface area contributed by atoms with Gasteiger partial charge in [0.15, 0.2) is 5.96 Å². The molecule has 1 aliphatic rings. The van der Waals surface area contributed by atoms with Gasteiger partial charge >= 0.3 is 0 Å². The Labute approximate surface area is 145 Å². The van der Waals surface area contributed by atoms with Crippen LogP contribution in [0.25, 0.3) is 0 Å². The third-order valence-electron chi connectivity index (χ3n) is 4.46. The lowest BCUT2D eigenvalue weighted by Gasteiger charge is -2.26. The monoisotopic (exact) mass is 336 g/mol. The van der Waals surface area contributed by atoms with Gasteiger partial charge in [-0.25, -0.2) is 0 Å². The van der Waals surface area contributed by atoms with Crippen molar-refractivity contribution >= 4 is 17.3 Å². The van der Waals surface area contributed by atoms with E-state index in [9.17, 15) is 0 Å². The highest BCUT2D eigenvalue weighted by atomic mass is 32.1. The topological polar surface area (TPSA) is 30.9 Å². The molecule has 0 saturated carbocycles. The van der Waals surface area contributed by atoms with Crippen molar-refractivity contribution in [2.75, 3.05) is 40.3 Å². The van der Waals surface area contributed by atoms with Crippen LogP contribution in [0.5, 0.6) is 0 Å². The summed E-state index contributed by atoms with van der Waals surface area (Å²) in [4.78, 5) is 9.21. The highest BCUT2D eigenvalue weighted by Gasteiger charge is 2.09. The second-order valence-electron chi connectivity index (χ2n) is 6.42. The molecule has 0 amide bonds. The number of rotatable bonds is 8. The number of thiophene rings is 1. The normalized spacial score (nSPS) is 16.5. The molecule has 0 aliphatic carbocycles. The fourth-order valence-electron chi connectivity index (χ4n) is 3.14. The lowest BCUT2D eigenvalue weighted by molar-refractivity contribution is 0.224. The predicted octanol–water partition coefficient (Wildman–Crippen LogP) is 3.41. The number of piperidine rings is 1. The van der Waals surface area contributed by atoms with Crippen molar-refractivity contribution in [3.8, 4) is 0 Å². The van der Waals surface area contributed by atoms with Crippen molar-refractivity contribution < 1.29 is 0 Å². The maximum Gasteiger partial charge on any atom is 0.193 e. The second kappa shape index (κ2) is 10.7. The van der Waals surface area contributed by atoms with Crippen molar-refractivity contribution in [2.24, 2.45) is 4.99 Å². The molecule has 23 heavy (non-hydrogen) atoms. The van der Waals surface area contributed by atoms with E-state index in [0.29, 0.717) is 0 Å². The fraction of sp³-hybridized carbons (Fsp3) is 0.722. The molecule has 1 fully saturated rings. The number of unbranched alkanes of at least 4 members (excludes halogenated alkanes) is 2. The van der Waals surface area contributed by atoms with Crippen LogP contribution in [0.3, 0.4) is 0 Å². The van der Waals surface area contributed by atoms with Gasteiger partial charge in [0.2, 0.25) is 0 Å². The number of hydrogen-bond acceptors (Lipinski definition) is 3. The van der Waals surface area contributed by atoms with Crippen LogP contribution in [-0.4, -0.2) is 56.0 Å². The zero-order chi connectivity index (χ0) is 16.3. The lowest BCUT2D eigenvalue weighted by Crippen LogP contribution is -2.38. The van der Waals surface area contributed by atoms with Gasteiger partial charge in [-0.1, -0.05) is 12.8 Å². The average Bonchev–Trinajstić information content (AvgIpc) is 3.08. The molecule has 0 unspecified atom stereocenters. The molecule has 1 saturated heterocycles. The number of nitrogens with zero attached hydrogens (tertiary/aromatic N) is 3. The summed E-state index contributed by atoms with van der Waals surface area (Å²) in [5.41, 5.74) is 1.35. The van der Waals surface area contributed by atoms with Crippen LogP contribution >= 0.6 is 11.3 Å². The van der Waals surface area contributed by atoms with Crippen LogP contribution in [0.2, 0.25) is 0 Å². The maximum atomic E-state index is 4.39. The van der Waals surface area contributed by atoms with E-state index >= 15 is 0 Å². The van der Waals surface area contributed by atoms with E-state index in [4.69, 9.17) is 0 Å². The standard InChI is InChI=1S/C18H32N4S/c1-19-18(21(2)15-17-9-14-23-16-17)20-10-5-3-6-11-22-12-7-4-8-13-22/h9,14,16H,3-8,10-13,15H2,1-2H3,(H,19,20). The van der Waals surface area contributed by atoms with Crippen LogP contribution < -0.4 is 5.32 Å². The van der Waals surface area contributed by atoms with Crippen molar-refractivity contribution in [1.82, 2.24) is 15.1 Å². The molecule has 1 aromatic heterocycles. The number of nitrogens with one attached hydrogen (secondary N) is 1. The van der Waals surface area contributed by atoms with Crippen LogP contribution in [0.15, 0.2) is 21.8 Å². The van der Waals surface area contributed by atoms with Crippen molar-refractivity contribution in [1.29, 1.82) is 0 Å². The lowest BCUT2D eigenvalue weighted by atomic mass is 10.1. The molecule has 0 atom stereocenters. The van der Waals surface area contributed by atoms with E-state index in [2.05, 4.69) is 44.0 Å². The zero-order valence-corrected chi connectivity index (χ0v) is 15.6. The first-order chi connectivity index (χ1) is 11.3. The highest BCUT2D eigenvalue weighted by Crippen LogP contribution is 2.10. The first kappa shape index (κ1) is 18.3. The molecule has 2 heterocycles. The summed E-state index contributed by atoms with van der Waals surface area (Å²) in [6, 6.07) is 2.18. The van der Waals surface area contributed by atoms with Crippen LogP contribution in [0.4, 0.5) is 0 Å². The van der Waals surface area contributed by atoms with E-state index < -0.39 is 0 Å². The molecule has 1 N–H and O–H groups in total. The Bertz CT molecular complexity index is 438. The Morgan fingerprint density at radius 1 is 1.26 bits per heavy atom.